The van der Waals surface area contributed by atoms with Gasteiger partial charge < -0.3 is 0 Å². The van der Waals surface area contributed by atoms with Crippen LogP contribution in [0.3, 0.4) is 0 Å². The van der Waals surface area contributed by atoms with Crippen LogP contribution < -0.4 is 15.1 Å². The molecule has 2 aromatic carbocycles. The van der Waals surface area contributed by atoms with Crippen molar-refractivity contribution < 1.29 is 0 Å². The molecule has 0 radical (unpaired) electrons. The normalized spacial score (nSPS) is 11.8. The summed E-state index contributed by atoms with van der Waals surface area (Å²) in [5.41, 5.74) is 3.34. The molecule has 160 valence electrons. The maximum Gasteiger partial charge on any atom is 0.0360 e. The van der Waals surface area contributed by atoms with Crippen molar-refractivity contribution in [3.05, 3.63) is 82.4 Å². The first-order valence-electron chi connectivity index (χ1n) is 11.5. The van der Waals surface area contributed by atoms with Gasteiger partial charge in [0.15, 0.2) is 0 Å². The summed E-state index contributed by atoms with van der Waals surface area (Å²) in [4.78, 5) is 0. The Morgan fingerprint density at radius 2 is 1.07 bits per heavy atom. The lowest BCUT2D eigenvalue weighted by atomic mass is 10.0. The second-order valence-electron chi connectivity index (χ2n) is 7.97. The monoisotopic (exact) mass is 437 g/mol. The van der Waals surface area contributed by atoms with Gasteiger partial charge in [0.25, 0.3) is 0 Å². The minimum atomic E-state index is -0.584. The van der Waals surface area contributed by atoms with E-state index in [1.165, 1.54) is 10.6 Å². The summed E-state index contributed by atoms with van der Waals surface area (Å²) in [6.07, 6.45) is 4.65. The fraction of sp³-hybridized carbons (Fsp3) is 0.407. The van der Waals surface area contributed by atoms with Gasteiger partial charge in [-0.25, -0.2) is 4.44 Å². The molecule has 0 spiro atoms. The Bertz CT molecular complexity index is 860. The van der Waals surface area contributed by atoms with Crippen LogP contribution in [0.15, 0.2) is 60.7 Å². The molecule has 0 saturated heterocycles. The Balaban J connectivity index is 2.32. The molecule has 0 atom stereocenters. The van der Waals surface area contributed by atoms with E-state index in [-0.39, 0.29) is 0 Å². The highest BCUT2D eigenvalue weighted by Gasteiger charge is 2.32. The van der Waals surface area contributed by atoms with Crippen LogP contribution in [0.5, 0.6) is 0 Å². The van der Waals surface area contributed by atoms with E-state index in [2.05, 4.69) is 107 Å². The highest BCUT2D eigenvalue weighted by molar-refractivity contribution is 7.83. The van der Waals surface area contributed by atoms with Gasteiger partial charge in [0.2, 0.25) is 0 Å². The van der Waals surface area contributed by atoms with Gasteiger partial charge in [-0.1, -0.05) is 88.4 Å². The van der Waals surface area contributed by atoms with E-state index in [4.69, 9.17) is 0 Å². The number of nitrogens with zero attached hydrogens (tertiary/aromatic N) is 1. The van der Waals surface area contributed by atoms with Crippen molar-refractivity contribution in [3.63, 3.8) is 0 Å². The molecule has 0 aliphatic rings. The number of rotatable bonds is 9. The highest BCUT2D eigenvalue weighted by atomic mass is 31.2. The molecule has 30 heavy (non-hydrogen) atoms. The molecule has 0 N–H and O–H groups in total. The maximum atomic E-state index is 2.92. The fourth-order valence-electron chi connectivity index (χ4n) is 4.65. The lowest BCUT2D eigenvalue weighted by molar-refractivity contribution is 0.869. The third-order valence-electron chi connectivity index (χ3n) is 5.82. The van der Waals surface area contributed by atoms with Gasteiger partial charge in [-0.2, -0.15) is 0 Å². The van der Waals surface area contributed by atoms with Crippen LogP contribution in [0.2, 0.25) is 0 Å². The third-order valence-corrected chi connectivity index (χ3v) is 12.4. The molecule has 0 bridgehead atoms. The van der Waals surface area contributed by atoms with Crippen molar-refractivity contribution in [1.82, 2.24) is 0 Å². The van der Waals surface area contributed by atoms with Crippen molar-refractivity contribution in [3.8, 4) is 0 Å². The molecule has 1 nitrogen and oxygen atoms in total. The summed E-state index contributed by atoms with van der Waals surface area (Å²) in [6.45, 7) is 14.3. The molecule has 3 rings (SSSR count). The molecule has 0 aliphatic carbocycles. The lowest BCUT2D eigenvalue weighted by Gasteiger charge is -2.37. The van der Waals surface area contributed by atoms with Gasteiger partial charge >= 0.3 is 0 Å². The van der Waals surface area contributed by atoms with Crippen molar-refractivity contribution in [2.24, 2.45) is 0 Å². The van der Waals surface area contributed by atoms with Gasteiger partial charge in [0.1, 0.15) is 0 Å². The standard InChI is InChI=1S/C27H37NP2/c1-7-24-25(8-2)27(10-4)30(26(24)9-3)28(21(5)6)29(22-17-13-11-14-18-22)23-19-15-12-16-20-23/h11-21H,7-10H2,1-6H3. The van der Waals surface area contributed by atoms with Crippen LogP contribution in [-0.4, -0.2) is 6.04 Å². The Hall–Kier alpha value is -1.39. The van der Waals surface area contributed by atoms with Gasteiger partial charge in [-0.15, -0.1) is 0 Å². The first kappa shape index (κ1) is 23.3. The largest absolute Gasteiger partial charge is 0.228 e. The highest BCUT2D eigenvalue weighted by Crippen LogP contribution is 2.57. The smallest absolute Gasteiger partial charge is 0.0360 e. The topological polar surface area (TPSA) is 3.24 Å². The second-order valence-corrected chi connectivity index (χ2v) is 12.5. The average Bonchev–Trinajstić information content (AvgIpc) is 3.10. The van der Waals surface area contributed by atoms with Crippen molar-refractivity contribution in [1.29, 1.82) is 0 Å². The van der Waals surface area contributed by atoms with E-state index in [1.807, 2.05) is 0 Å². The van der Waals surface area contributed by atoms with Gasteiger partial charge in [0, 0.05) is 14.1 Å². The number of hydrogen-bond acceptors (Lipinski definition) is 1. The van der Waals surface area contributed by atoms with Gasteiger partial charge in [-0.3, -0.25) is 0 Å². The summed E-state index contributed by atoms with van der Waals surface area (Å²) < 4.78 is 2.92. The molecule has 0 aliphatic heterocycles. The van der Waals surface area contributed by atoms with E-state index in [9.17, 15) is 0 Å². The lowest BCUT2D eigenvalue weighted by Crippen LogP contribution is -2.32. The number of hydrogen-bond donors (Lipinski definition) is 0. The predicted molar refractivity (Wildman–Crippen MR) is 139 cm³/mol. The minimum Gasteiger partial charge on any atom is -0.228 e. The molecule has 0 unspecified atom stereocenters. The van der Waals surface area contributed by atoms with Gasteiger partial charge in [0.05, 0.1) is 0 Å². The third kappa shape index (κ3) is 4.45. The quantitative estimate of drug-likeness (QED) is 0.317. The average molecular weight is 438 g/mol. The molecular formula is C27H37NP2. The second kappa shape index (κ2) is 10.8. The van der Waals surface area contributed by atoms with Crippen LogP contribution in [0.25, 0.3) is 0 Å². The Kier molecular flexibility index (Phi) is 8.35. The van der Waals surface area contributed by atoms with Crippen LogP contribution >= 0.6 is 15.8 Å². The molecule has 3 heteroatoms. The molecule has 1 heterocycles. The Labute approximate surface area is 186 Å². The zero-order chi connectivity index (χ0) is 21.7. The first-order chi connectivity index (χ1) is 14.6. The summed E-state index contributed by atoms with van der Waals surface area (Å²) in [5.74, 6) is 0. The first-order valence-corrected chi connectivity index (χ1v) is 14.1. The van der Waals surface area contributed by atoms with Crippen LogP contribution in [0.4, 0.5) is 0 Å². The van der Waals surface area contributed by atoms with Crippen LogP contribution in [0.1, 0.15) is 63.3 Å². The molecule has 1 aromatic heterocycles. The maximum absolute atomic E-state index is 2.92. The molecule has 0 fully saturated rings. The summed E-state index contributed by atoms with van der Waals surface area (Å²) >= 11 is 0. The molecular weight excluding hydrogens is 400 g/mol. The number of benzene rings is 2. The molecule has 3 aromatic rings. The van der Waals surface area contributed by atoms with E-state index in [1.54, 1.807) is 21.7 Å². The van der Waals surface area contributed by atoms with Crippen molar-refractivity contribution in [2.45, 2.75) is 73.3 Å². The summed E-state index contributed by atoms with van der Waals surface area (Å²) in [5, 5.41) is 6.39. The molecule has 0 saturated carbocycles. The zero-order valence-corrected chi connectivity index (χ0v) is 21.3. The fourth-order valence-corrected chi connectivity index (χ4v) is 11.8. The van der Waals surface area contributed by atoms with Crippen molar-refractivity contribution >= 4 is 26.4 Å². The van der Waals surface area contributed by atoms with E-state index >= 15 is 0 Å². The van der Waals surface area contributed by atoms with E-state index in [0.717, 1.165) is 25.7 Å². The summed E-state index contributed by atoms with van der Waals surface area (Å²) in [6, 6.07) is 22.9. The SMILES string of the molecule is CCc1c(CC)c(CC)p(N(C(C)C)P(c2ccccc2)c2ccccc2)c1CC. The molecule has 0 amide bonds. The van der Waals surface area contributed by atoms with Gasteiger partial charge in [-0.05, 0) is 79.5 Å². The summed E-state index contributed by atoms with van der Waals surface area (Å²) in [7, 11) is -1.01. The zero-order valence-electron chi connectivity index (χ0n) is 19.5. The predicted octanol–water partition coefficient (Wildman–Crippen LogP) is 7.32. The van der Waals surface area contributed by atoms with E-state index in [0.29, 0.717) is 6.04 Å². The van der Waals surface area contributed by atoms with E-state index < -0.39 is 15.8 Å². The van der Waals surface area contributed by atoms with Crippen LogP contribution in [0, 0.1) is 0 Å². The Morgan fingerprint density at radius 1 is 0.667 bits per heavy atom. The van der Waals surface area contributed by atoms with Crippen LogP contribution in [-0.2, 0) is 25.7 Å². The minimum absolute atomic E-state index is 0.431. The van der Waals surface area contributed by atoms with Crippen molar-refractivity contribution in [2.75, 3.05) is 4.44 Å². The Morgan fingerprint density at radius 3 is 1.37 bits per heavy atom.